The van der Waals surface area contributed by atoms with E-state index < -0.39 is 5.97 Å². The Morgan fingerprint density at radius 1 is 1.62 bits per heavy atom. The van der Waals surface area contributed by atoms with Crippen molar-refractivity contribution in [3.8, 4) is 0 Å². The molecule has 5 nitrogen and oxygen atoms in total. The lowest BCUT2D eigenvalue weighted by Gasteiger charge is -1.95. The standard InChI is InChI=1S/C8H7NO4/c10-8(11)5-4-7(13-9-5)6-2-1-3-12-6/h2,4H,1,3H2,(H,10,11). The molecule has 0 radical (unpaired) electrons. The Hall–Kier alpha value is -1.78. The van der Waals surface area contributed by atoms with Gasteiger partial charge in [0.1, 0.15) is 0 Å². The van der Waals surface area contributed by atoms with Gasteiger partial charge in [-0.05, 0) is 6.08 Å². The first kappa shape index (κ1) is 7.85. The summed E-state index contributed by atoms with van der Waals surface area (Å²) >= 11 is 0. The molecule has 0 fully saturated rings. The van der Waals surface area contributed by atoms with Crippen LogP contribution in [0.2, 0.25) is 0 Å². The highest BCUT2D eigenvalue weighted by Gasteiger charge is 2.16. The zero-order valence-corrected chi connectivity index (χ0v) is 6.69. The first-order valence-corrected chi connectivity index (χ1v) is 3.81. The predicted octanol–water partition coefficient (Wildman–Crippen LogP) is 1.13. The van der Waals surface area contributed by atoms with Crippen molar-refractivity contribution in [2.45, 2.75) is 6.42 Å². The molecule has 0 amide bonds. The van der Waals surface area contributed by atoms with Gasteiger partial charge in [-0.1, -0.05) is 5.16 Å². The summed E-state index contributed by atoms with van der Waals surface area (Å²) in [4.78, 5) is 10.4. The summed E-state index contributed by atoms with van der Waals surface area (Å²) in [6.45, 7) is 0.610. The summed E-state index contributed by atoms with van der Waals surface area (Å²) in [7, 11) is 0. The third kappa shape index (κ3) is 1.40. The highest BCUT2D eigenvalue weighted by atomic mass is 16.5. The highest BCUT2D eigenvalue weighted by molar-refractivity contribution is 5.85. The maximum Gasteiger partial charge on any atom is 0.358 e. The summed E-state index contributed by atoms with van der Waals surface area (Å²) in [5.41, 5.74) is -0.105. The molecule has 0 spiro atoms. The van der Waals surface area contributed by atoms with Crippen molar-refractivity contribution in [3.63, 3.8) is 0 Å². The van der Waals surface area contributed by atoms with E-state index in [0.717, 1.165) is 6.42 Å². The average Bonchev–Trinajstić information content (AvgIpc) is 2.75. The van der Waals surface area contributed by atoms with E-state index >= 15 is 0 Å². The lowest BCUT2D eigenvalue weighted by Crippen LogP contribution is -1.94. The van der Waals surface area contributed by atoms with Crippen LogP contribution in [0.4, 0.5) is 0 Å². The summed E-state index contributed by atoms with van der Waals surface area (Å²) in [6.07, 6.45) is 2.66. The predicted molar refractivity (Wildman–Crippen MR) is 42.0 cm³/mol. The molecule has 13 heavy (non-hydrogen) atoms. The number of ether oxygens (including phenoxy) is 1. The summed E-state index contributed by atoms with van der Waals surface area (Å²) in [5, 5.41) is 11.9. The van der Waals surface area contributed by atoms with Gasteiger partial charge in [-0.3, -0.25) is 0 Å². The lowest BCUT2D eigenvalue weighted by atomic mass is 10.3. The van der Waals surface area contributed by atoms with Gasteiger partial charge in [0.05, 0.1) is 6.61 Å². The molecule has 0 unspecified atom stereocenters. The summed E-state index contributed by atoms with van der Waals surface area (Å²) in [5.74, 6) is -0.163. The van der Waals surface area contributed by atoms with Crippen LogP contribution in [0.5, 0.6) is 0 Å². The number of hydrogen-bond donors (Lipinski definition) is 1. The number of aromatic nitrogens is 1. The van der Waals surface area contributed by atoms with Gasteiger partial charge in [-0.25, -0.2) is 4.79 Å². The number of aromatic carboxylic acids is 1. The third-order valence-electron chi connectivity index (χ3n) is 1.68. The van der Waals surface area contributed by atoms with E-state index in [0.29, 0.717) is 18.1 Å². The van der Waals surface area contributed by atoms with Crippen LogP contribution in [0.1, 0.15) is 22.7 Å². The SMILES string of the molecule is O=C(O)c1cc(C2=CCCO2)on1. The topological polar surface area (TPSA) is 72.6 Å². The molecule has 1 aliphatic heterocycles. The number of carbonyl (C=O) groups is 1. The van der Waals surface area contributed by atoms with Gasteiger partial charge in [0.2, 0.25) is 5.76 Å². The number of carboxylic acids is 1. The zero-order valence-electron chi connectivity index (χ0n) is 6.69. The number of nitrogens with zero attached hydrogens (tertiary/aromatic N) is 1. The Morgan fingerprint density at radius 2 is 2.46 bits per heavy atom. The Balaban J connectivity index is 2.27. The van der Waals surface area contributed by atoms with E-state index in [1.54, 1.807) is 0 Å². The van der Waals surface area contributed by atoms with E-state index in [2.05, 4.69) is 5.16 Å². The van der Waals surface area contributed by atoms with Crippen molar-refractivity contribution in [1.82, 2.24) is 5.16 Å². The Bertz CT molecular complexity index is 366. The summed E-state index contributed by atoms with van der Waals surface area (Å²) < 4.78 is 9.95. The molecule has 0 saturated heterocycles. The molecular formula is C8H7NO4. The van der Waals surface area contributed by atoms with Crippen molar-refractivity contribution in [3.05, 3.63) is 23.6 Å². The van der Waals surface area contributed by atoms with Crippen LogP contribution in [-0.4, -0.2) is 22.8 Å². The number of rotatable bonds is 2. The van der Waals surface area contributed by atoms with E-state index in [-0.39, 0.29) is 5.69 Å². The molecule has 1 N–H and O–H groups in total. The minimum atomic E-state index is -1.10. The molecule has 0 aromatic carbocycles. The van der Waals surface area contributed by atoms with Gasteiger partial charge in [0.25, 0.3) is 0 Å². The molecular weight excluding hydrogens is 174 g/mol. The molecule has 0 aliphatic carbocycles. The fraction of sp³-hybridized carbons (Fsp3) is 0.250. The van der Waals surface area contributed by atoms with Crippen LogP contribution < -0.4 is 0 Å². The normalized spacial score (nSPS) is 15.2. The van der Waals surface area contributed by atoms with Gasteiger partial charge < -0.3 is 14.4 Å². The second-order valence-electron chi connectivity index (χ2n) is 2.59. The molecule has 5 heteroatoms. The third-order valence-corrected chi connectivity index (χ3v) is 1.68. The second-order valence-corrected chi connectivity index (χ2v) is 2.59. The minimum absolute atomic E-state index is 0.105. The average molecular weight is 181 g/mol. The highest BCUT2D eigenvalue weighted by Crippen LogP contribution is 2.22. The minimum Gasteiger partial charge on any atom is -0.490 e. The molecule has 1 aliphatic rings. The molecule has 2 rings (SSSR count). The molecule has 0 atom stereocenters. The van der Waals surface area contributed by atoms with E-state index in [4.69, 9.17) is 14.4 Å². The second kappa shape index (κ2) is 2.93. The number of carboxylic acid groups (broad SMARTS) is 1. The summed E-state index contributed by atoms with van der Waals surface area (Å²) in [6, 6.07) is 1.35. The van der Waals surface area contributed by atoms with Crippen molar-refractivity contribution < 1.29 is 19.2 Å². The maximum atomic E-state index is 10.4. The van der Waals surface area contributed by atoms with Crippen molar-refractivity contribution in [2.75, 3.05) is 6.61 Å². The van der Waals surface area contributed by atoms with Gasteiger partial charge in [-0.2, -0.15) is 0 Å². The van der Waals surface area contributed by atoms with Crippen LogP contribution in [0.3, 0.4) is 0 Å². The molecule has 0 saturated carbocycles. The molecule has 0 bridgehead atoms. The van der Waals surface area contributed by atoms with Crippen LogP contribution in [0.15, 0.2) is 16.7 Å². The fourth-order valence-corrected chi connectivity index (χ4v) is 1.08. The van der Waals surface area contributed by atoms with Crippen LogP contribution >= 0.6 is 0 Å². The first-order valence-electron chi connectivity index (χ1n) is 3.81. The largest absolute Gasteiger partial charge is 0.490 e. The van der Waals surface area contributed by atoms with E-state index in [1.807, 2.05) is 6.08 Å². The number of hydrogen-bond acceptors (Lipinski definition) is 4. The van der Waals surface area contributed by atoms with Gasteiger partial charge in [-0.15, -0.1) is 0 Å². The monoisotopic (exact) mass is 181 g/mol. The van der Waals surface area contributed by atoms with E-state index in [9.17, 15) is 4.79 Å². The Kier molecular flexibility index (Phi) is 1.77. The first-order chi connectivity index (χ1) is 6.27. The molecule has 1 aromatic heterocycles. The molecule has 68 valence electrons. The Morgan fingerprint density at radius 3 is 3.00 bits per heavy atom. The quantitative estimate of drug-likeness (QED) is 0.740. The fourth-order valence-electron chi connectivity index (χ4n) is 1.08. The van der Waals surface area contributed by atoms with Gasteiger partial charge in [0, 0.05) is 12.5 Å². The smallest absolute Gasteiger partial charge is 0.358 e. The maximum absolute atomic E-state index is 10.4. The Labute approximate surface area is 73.6 Å². The van der Waals surface area contributed by atoms with Crippen molar-refractivity contribution in [1.29, 1.82) is 0 Å². The lowest BCUT2D eigenvalue weighted by molar-refractivity contribution is 0.0685. The van der Waals surface area contributed by atoms with Crippen LogP contribution in [-0.2, 0) is 4.74 Å². The van der Waals surface area contributed by atoms with Crippen molar-refractivity contribution in [2.24, 2.45) is 0 Å². The molecule has 1 aromatic rings. The van der Waals surface area contributed by atoms with Gasteiger partial charge in [0.15, 0.2) is 11.5 Å². The zero-order chi connectivity index (χ0) is 9.26. The van der Waals surface area contributed by atoms with Gasteiger partial charge >= 0.3 is 5.97 Å². The van der Waals surface area contributed by atoms with Crippen LogP contribution in [0, 0.1) is 0 Å². The van der Waals surface area contributed by atoms with Crippen LogP contribution in [0.25, 0.3) is 5.76 Å². The van der Waals surface area contributed by atoms with Crippen molar-refractivity contribution >= 4 is 11.7 Å². The van der Waals surface area contributed by atoms with E-state index in [1.165, 1.54) is 6.07 Å². The molecule has 2 heterocycles.